The van der Waals surface area contributed by atoms with Crippen LogP contribution in [-0.4, -0.2) is 87.2 Å². The van der Waals surface area contributed by atoms with Crippen LogP contribution in [0.4, 0.5) is 17.5 Å². The molecular weight excluding hydrogens is 646 g/mol. The van der Waals surface area contributed by atoms with Crippen LogP contribution >= 0.6 is 0 Å². The Kier molecular flexibility index (Phi) is 9.39. The van der Waals surface area contributed by atoms with E-state index in [4.69, 9.17) is 14.5 Å². The van der Waals surface area contributed by atoms with Crippen LogP contribution in [0.15, 0.2) is 41.0 Å². The number of aromatic nitrogens is 4. The minimum absolute atomic E-state index is 0.0184. The Labute approximate surface area is 298 Å². The van der Waals surface area contributed by atoms with Gasteiger partial charge in [0.05, 0.1) is 35.6 Å². The van der Waals surface area contributed by atoms with E-state index in [-0.39, 0.29) is 53.0 Å². The second-order valence-corrected chi connectivity index (χ2v) is 15.3. The molecule has 3 aromatic rings. The van der Waals surface area contributed by atoms with Crippen LogP contribution in [0.2, 0.25) is 0 Å². The van der Waals surface area contributed by atoms with E-state index in [0.29, 0.717) is 41.0 Å². The van der Waals surface area contributed by atoms with Crippen molar-refractivity contribution in [2.45, 2.75) is 103 Å². The van der Waals surface area contributed by atoms with Crippen molar-refractivity contribution in [1.29, 1.82) is 0 Å². The van der Waals surface area contributed by atoms with Crippen molar-refractivity contribution in [3.8, 4) is 0 Å². The Hall–Kier alpha value is -4.16. The molecule has 4 aliphatic heterocycles. The first-order valence-electron chi connectivity index (χ1n) is 18.9. The van der Waals surface area contributed by atoms with Crippen LogP contribution < -0.4 is 15.8 Å². The number of Topliss-reactive ketones (excluding diaryl/α,β-unsaturated/α-hetero) is 1. The van der Waals surface area contributed by atoms with Gasteiger partial charge in [-0.25, -0.2) is 9.97 Å². The number of carbonyl (C=O) groups excluding carboxylic acids is 2. The molecule has 9 rings (SSSR count). The number of hydrogen-bond donors (Lipinski definition) is 1. The molecular formula is C39H49N7O5. The summed E-state index contributed by atoms with van der Waals surface area (Å²) in [4.78, 5) is 58.0. The number of esters is 1. The van der Waals surface area contributed by atoms with E-state index < -0.39 is 0 Å². The Morgan fingerprint density at radius 1 is 1.00 bits per heavy atom. The first kappa shape index (κ1) is 34.0. The van der Waals surface area contributed by atoms with Crippen molar-refractivity contribution < 1.29 is 19.1 Å². The van der Waals surface area contributed by atoms with Gasteiger partial charge in [0.1, 0.15) is 17.6 Å². The summed E-state index contributed by atoms with van der Waals surface area (Å²) in [7, 11) is 0. The molecule has 0 radical (unpaired) electrons. The molecule has 0 amide bonds. The van der Waals surface area contributed by atoms with E-state index in [0.717, 1.165) is 89.7 Å². The fraction of sp³-hybridized carbons (Fsp3) is 0.590. The standard InChI is InChI=1S/C39H49N7O5/c1-23-8-4-7-11-28-19-32(50-28)35-29(18-23)31(38(49)51-35)22-44-14-16-45(17-15-44)27-12-13-33(40-20-27)42-39-41-21-30-24(2)34(25(3)47)37(48)46(36(30)43-39)26-9-5-6-10-26/h8,12-13,20-21,26,28-29,31-32,35H,4-7,9-11,14-19,22H2,1-3H3,(H,40,41,42,43)/b23-8+/t28-,29-,31?,32-,35-/m0/s1. The number of hydrogen-bond acceptors (Lipinski definition) is 11. The van der Waals surface area contributed by atoms with Gasteiger partial charge in [-0.1, -0.05) is 24.5 Å². The number of piperazine rings is 1. The number of allylic oxidation sites excluding steroid dienone is 2. The van der Waals surface area contributed by atoms with Gasteiger partial charge >= 0.3 is 5.97 Å². The monoisotopic (exact) mass is 695 g/mol. The number of carbonyl (C=O) groups is 2. The number of nitrogens with zero attached hydrogens (tertiary/aromatic N) is 6. The zero-order valence-electron chi connectivity index (χ0n) is 30.0. The van der Waals surface area contributed by atoms with Crippen molar-refractivity contribution in [2.24, 2.45) is 11.8 Å². The van der Waals surface area contributed by atoms with Gasteiger partial charge in [0, 0.05) is 62.7 Å². The van der Waals surface area contributed by atoms with Gasteiger partial charge in [-0.05, 0) is 77.0 Å². The molecule has 2 aliphatic carbocycles. The number of nitrogens with one attached hydrogen (secondary N) is 1. The first-order valence-corrected chi connectivity index (χ1v) is 18.9. The van der Waals surface area contributed by atoms with Gasteiger partial charge in [0.25, 0.3) is 5.56 Å². The van der Waals surface area contributed by atoms with Crippen molar-refractivity contribution >= 4 is 40.2 Å². The van der Waals surface area contributed by atoms with Crippen LogP contribution in [0.25, 0.3) is 11.0 Å². The Morgan fingerprint density at radius 3 is 2.51 bits per heavy atom. The lowest BCUT2D eigenvalue weighted by molar-refractivity contribution is -0.188. The zero-order valence-corrected chi connectivity index (χ0v) is 30.0. The summed E-state index contributed by atoms with van der Waals surface area (Å²) >= 11 is 0. The lowest BCUT2D eigenvalue weighted by Crippen LogP contribution is -2.50. The summed E-state index contributed by atoms with van der Waals surface area (Å²) in [5, 5.41) is 3.94. The van der Waals surface area contributed by atoms with Crippen LogP contribution in [0, 0.1) is 18.8 Å². The predicted molar refractivity (Wildman–Crippen MR) is 195 cm³/mol. The number of pyridine rings is 2. The summed E-state index contributed by atoms with van der Waals surface area (Å²) in [6.45, 7) is 9.55. The largest absolute Gasteiger partial charge is 0.459 e. The summed E-state index contributed by atoms with van der Waals surface area (Å²) < 4.78 is 14.0. The van der Waals surface area contributed by atoms with E-state index in [9.17, 15) is 14.4 Å². The van der Waals surface area contributed by atoms with Crippen LogP contribution in [0.5, 0.6) is 0 Å². The second-order valence-electron chi connectivity index (χ2n) is 15.3. The maximum absolute atomic E-state index is 13.6. The average Bonchev–Trinajstić information content (AvgIpc) is 3.71. The number of ketones is 1. The second kappa shape index (κ2) is 14.1. The normalized spacial score (nSPS) is 28.4. The summed E-state index contributed by atoms with van der Waals surface area (Å²) in [5.41, 5.74) is 3.52. The topological polar surface area (TPSA) is 132 Å². The molecule has 3 aromatic heterocycles. The fourth-order valence-corrected chi connectivity index (χ4v) is 9.11. The third-order valence-electron chi connectivity index (χ3n) is 11.9. The first-order chi connectivity index (χ1) is 24.7. The average molecular weight is 696 g/mol. The molecule has 12 heteroatoms. The molecule has 4 fully saturated rings. The maximum atomic E-state index is 13.6. The van der Waals surface area contributed by atoms with Crippen molar-refractivity contribution in [2.75, 3.05) is 42.9 Å². The zero-order chi connectivity index (χ0) is 35.2. The van der Waals surface area contributed by atoms with E-state index in [1.54, 1.807) is 17.7 Å². The molecule has 1 unspecified atom stereocenters. The molecule has 7 heterocycles. The van der Waals surface area contributed by atoms with Crippen molar-refractivity contribution in [3.63, 3.8) is 0 Å². The lowest BCUT2D eigenvalue weighted by atomic mass is 9.80. The fourth-order valence-electron chi connectivity index (χ4n) is 9.11. The number of fused-ring (bicyclic) bond motifs is 5. The third kappa shape index (κ3) is 6.68. The molecule has 1 saturated carbocycles. The highest BCUT2D eigenvalue weighted by Gasteiger charge is 2.52. The molecule has 12 nitrogen and oxygen atoms in total. The highest BCUT2D eigenvalue weighted by atomic mass is 16.6. The summed E-state index contributed by atoms with van der Waals surface area (Å²) in [6, 6.07) is 3.99. The number of anilines is 3. The van der Waals surface area contributed by atoms with E-state index >= 15 is 0 Å². The number of rotatable bonds is 7. The molecule has 0 spiro atoms. The van der Waals surface area contributed by atoms with Gasteiger partial charge < -0.3 is 19.7 Å². The summed E-state index contributed by atoms with van der Waals surface area (Å²) in [5.74, 6) is 0.677. The van der Waals surface area contributed by atoms with Crippen molar-refractivity contribution in [1.82, 2.24) is 24.4 Å². The highest BCUT2D eigenvalue weighted by Crippen LogP contribution is 2.42. The minimum atomic E-state index is -0.266. The number of ether oxygens (including phenoxy) is 2. The molecule has 1 N–H and O–H groups in total. The van der Waals surface area contributed by atoms with Gasteiger partial charge in [-0.2, -0.15) is 4.98 Å². The molecule has 5 atom stereocenters. The SMILES string of the molecule is CC(=O)c1c(C)c2cnc(Nc3ccc(N4CCN(CC5C(=O)O[C@@H]6[C@@H]7C[C@H](CCC/C=C(\C)C[C@@H]56)O7)CC4)cn3)nc2n(C2CCCC2)c1=O. The van der Waals surface area contributed by atoms with Crippen LogP contribution in [0.1, 0.15) is 93.6 Å². The quantitative estimate of drug-likeness (QED) is 0.191. The van der Waals surface area contributed by atoms with E-state index in [1.165, 1.54) is 12.5 Å². The Balaban J connectivity index is 0.919. The molecule has 51 heavy (non-hydrogen) atoms. The molecule has 270 valence electrons. The van der Waals surface area contributed by atoms with Gasteiger partial charge in [-0.15, -0.1) is 0 Å². The maximum Gasteiger partial charge on any atom is 0.311 e. The molecule has 6 aliphatic rings. The van der Waals surface area contributed by atoms with E-state index in [1.807, 2.05) is 18.3 Å². The summed E-state index contributed by atoms with van der Waals surface area (Å²) in [6.07, 6.45) is 15.2. The molecule has 0 aromatic carbocycles. The highest BCUT2D eigenvalue weighted by molar-refractivity contribution is 5.99. The van der Waals surface area contributed by atoms with Crippen LogP contribution in [-0.2, 0) is 14.3 Å². The van der Waals surface area contributed by atoms with E-state index in [2.05, 4.69) is 38.1 Å². The third-order valence-corrected chi connectivity index (χ3v) is 11.9. The Bertz CT molecular complexity index is 1890. The van der Waals surface area contributed by atoms with Crippen LogP contribution in [0.3, 0.4) is 0 Å². The lowest BCUT2D eigenvalue weighted by Gasteiger charge is -2.41. The Morgan fingerprint density at radius 2 is 1.78 bits per heavy atom. The van der Waals surface area contributed by atoms with Crippen molar-refractivity contribution in [3.05, 3.63) is 57.7 Å². The van der Waals surface area contributed by atoms with Gasteiger partial charge in [0.15, 0.2) is 5.78 Å². The minimum Gasteiger partial charge on any atom is -0.459 e. The number of aryl methyl sites for hydroxylation is 1. The molecule has 2 bridgehead atoms. The smallest absolute Gasteiger partial charge is 0.311 e. The van der Waals surface area contributed by atoms with Gasteiger partial charge in [-0.3, -0.25) is 23.9 Å². The predicted octanol–water partition coefficient (Wildman–Crippen LogP) is 5.51. The van der Waals surface area contributed by atoms with Gasteiger partial charge in [0.2, 0.25) is 5.95 Å². The molecule has 3 saturated heterocycles.